The lowest BCUT2D eigenvalue weighted by Gasteiger charge is -2.10. The van der Waals surface area contributed by atoms with Gasteiger partial charge in [0, 0.05) is 6.04 Å². The van der Waals surface area contributed by atoms with Crippen LogP contribution in [0.3, 0.4) is 0 Å². The van der Waals surface area contributed by atoms with Crippen LogP contribution in [0.2, 0.25) is 0 Å². The van der Waals surface area contributed by atoms with Crippen LogP contribution in [0.4, 0.5) is 0 Å². The number of likely N-dealkylation sites (N-methyl/N-ethyl adjacent to an activating group) is 1. The largest absolute Gasteiger partial charge is 0.317 e. The van der Waals surface area contributed by atoms with E-state index in [9.17, 15) is 0 Å². The summed E-state index contributed by atoms with van der Waals surface area (Å²) in [5, 5.41) is 5.91. The van der Waals surface area contributed by atoms with Gasteiger partial charge in [-0.25, -0.2) is 0 Å². The summed E-state index contributed by atoms with van der Waals surface area (Å²) in [5.41, 5.74) is 1.40. The summed E-state index contributed by atoms with van der Waals surface area (Å²) in [6.45, 7) is 2.20. The maximum atomic E-state index is 3.26. The Balaban J connectivity index is 2.30. The molecular formula is C14H17N. The molecule has 0 aliphatic rings. The van der Waals surface area contributed by atoms with E-state index in [-0.39, 0.29) is 0 Å². The van der Waals surface area contributed by atoms with Crippen LogP contribution >= 0.6 is 0 Å². The van der Waals surface area contributed by atoms with Crippen molar-refractivity contribution in [3.05, 3.63) is 48.0 Å². The summed E-state index contributed by atoms with van der Waals surface area (Å²) in [4.78, 5) is 0. The third-order valence-electron chi connectivity index (χ3n) is 2.85. The molecule has 2 aromatic carbocycles. The molecule has 0 unspecified atom stereocenters. The fraction of sp³-hybridized carbons (Fsp3) is 0.286. The molecule has 15 heavy (non-hydrogen) atoms. The van der Waals surface area contributed by atoms with Crippen molar-refractivity contribution in [1.82, 2.24) is 5.32 Å². The Bertz CT molecular complexity index is 448. The number of nitrogens with one attached hydrogen (secondary N) is 1. The average Bonchev–Trinajstić information content (AvgIpc) is 2.29. The molecule has 0 aromatic heterocycles. The van der Waals surface area contributed by atoms with E-state index in [1.54, 1.807) is 0 Å². The van der Waals surface area contributed by atoms with E-state index in [0.717, 1.165) is 6.42 Å². The second kappa shape index (κ2) is 4.45. The monoisotopic (exact) mass is 199 g/mol. The van der Waals surface area contributed by atoms with E-state index in [0.29, 0.717) is 6.04 Å². The molecule has 0 aliphatic heterocycles. The minimum Gasteiger partial charge on any atom is -0.317 e. The third kappa shape index (κ3) is 2.37. The number of hydrogen-bond acceptors (Lipinski definition) is 1. The Labute approximate surface area is 91.1 Å². The lowest BCUT2D eigenvalue weighted by Crippen LogP contribution is -2.23. The van der Waals surface area contributed by atoms with Gasteiger partial charge in [-0.15, -0.1) is 0 Å². The van der Waals surface area contributed by atoms with Crippen LogP contribution in [-0.2, 0) is 6.42 Å². The van der Waals surface area contributed by atoms with Crippen molar-refractivity contribution < 1.29 is 0 Å². The van der Waals surface area contributed by atoms with E-state index < -0.39 is 0 Å². The van der Waals surface area contributed by atoms with Crippen LogP contribution in [0.5, 0.6) is 0 Å². The van der Waals surface area contributed by atoms with Crippen molar-refractivity contribution in [1.29, 1.82) is 0 Å². The Morgan fingerprint density at radius 3 is 2.53 bits per heavy atom. The first kappa shape index (κ1) is 10.2. The lowest BCUT2D eigenvalue weighted by molar-refractivity contribution is 0.609. The van der Waals surface area contributed by atoms with Crippen LogP contribution in [0.15, 0.2) is 42.5 Å². The van der Waals surface area contributed by atoms with Crippen molar-refractivity contribution in [3.63, 3.8) is 0 Å². The van der Waals surface area contributed by atoms with Crippen LogP contribution in [0, 0.1) is 0 Å². The molecule has 0 aliphatic carbocycles. The molecule has 1 heteroatoms. The first-order valence-electron chi connectivity index (χ1n) is 5.44. The maximum Gasteiger partial charge on any atom is 0.00761 e. The molecule has 0 heterocycles. The SMILES string of the molecule is CN[C@H](C)Cc1ccc2ccccc2c1. The summed E-state index contributed by atoms with van der Waals surface area (Å²) in [6, 6.07) is 15.7. The first-order valence-corrected chi connectivity index (χ1v) is 5.44. The highest BCUT2D eigenvalue weighted by Crippen LogP contribution is 2.16. The maximum absolute atomic E-state index is 3.26. The van der Waals surface area contributed by atoms with Gasteiger partial charge in [0.25, 0.3) is 0 Å². The standard InChI is InChI=1S/C14H17N/c1-11(15-2)9-12-7-8-13-5-3-4-6-14(13)10-12/h3-8,10-11,15H,9H2,1-2H3/t11-/m1/s1. The van der Waals surface area contributed by atoms with Crippen LogP contribution in [0.25, 0.3) is 10.8 Å². The van der Waals surface area contributed by atoms with Crippen LogP contribution in [-0.4, -0.2) is 13.1 Å². The summed E-state index contributed by atoms with van der Waals surface area (Å²) >= 11 is 0. The summed E-state index contributed by atoms with van der Waals surface area (Å²) < 4.78 is 0. The minimum absolute atomic E-state index is 0.533. The minimum atomic E-state index is 0.533. The van der Waals surface area contributed by atoms with Crippen LogP contribution in [0.1, 0.15) is 12.5 Å². The normalized spacial score (nSPS) is 12.9. The molecular weight excluding hydrogens is 182 g/mol. The molecule has 0 amide bonds. The van der Waals surface area contributed by atoms with Crippen molar-refractivity contribution >= 4 is 10.8 Å². The van der Waals surface area contributed by atoms with Gasteiger partial charge in [-0.2, -0.15) is 0 Å². The summed E-state index contributed by atoms with van der Waals surface area (Å²) in [7, 11) is 2.01. The molecule has 0 saturated heterocycles. The smallest absolute Gasteiger partial charge is 0.00761 e. The van der Waals surface area contributed by atoms with E-state index >= 15 is 0 Å². The molecule has 1 nitrogen and oxygen atoms in total. The zero-order chi connectivity index (χ0) is 10.7. The van der Waals surface area contributed by atoms with E-state index in [1.807, 2.05) is 7.05 Å². The van der Waals surface area contributed by atoms with Gasteiger partial charge in [0.2, 0.25) is 0 Å². The number of fused-ring (bicyclic) bond motifs is 1. The predicted molar refractivity (Wildman–Crippen MR) is 66.2 cm³/mol. The predicted octanol–water partition coefficient (Wildman–Crippen LogP) is 2.99. The Morgan fingerprint density at radius 2 is 1.80 bits per heavy atom. The molecule has 0 spiro atoms. The number of benzene rings is 2. The van der Waals surface area contributed by atoms with Gasteiger partial charge in [-0.1, -0.05) is 42.5 Å². The molecule has 0 radical (unpaired) electrons. The number of rotatable bonds is 3. The summed E-state index contributed by atoms with van der Waals surface area (Å²) in [6.07, 6.45) is 1.08. The van der Waals surface area contributed by atoms with Crippen molar-refractivity contribution in [2.45, 2.75) is 19.4 Å². The highest BCUT2D eigenvalue weighted by molar-refractivity contribution is 5.82. The van der Waals surface area contributed by atoms with Gasteiger partial charge in [-0.05, 0) is 36.7 Å². The topological polar surface area (TPSA) is 12.0 Å². The third-order valence-corrected chi connectivity index (χ3v) is 2.85. The average molecular weight is 199 g/mol. The second-order valence-corrected chi connectivity index (χ2v) is 4.08. The Morgan fingerprint density at radius 1 is 1.07 bits per heavy atom. The highest BCUT2D eigenvalue weighted by atomic mass is 14.8. The van der Waals surface area contributed by atoms with Crippen LogP contribution < -0.4 is 5.32 Å². The quantitative estimate of drug-likeness (QED) is 0.801. The molecule has 0 saturated carbocycles. The zero-order valence-electron chi connectivity index (χ0n) is 9.33. The Kier molecular flexibility index (Phi) is 3.02. The van der Waals surface area contributed by atoms with E-state index in [1.165, 1.54) is 16.3 Å². The lowest BCUT2D eigenvalue weighted by atomic mass is 10.0. The fourth-order valence-corrected chi connectivity index (χ4v) is 1.82. The van der Waals surface area contributed by atoms with Gasteiger partial charge < -0.3 is 5.32 Å². The molecule has 2 aromatic rings. The molecule has 0 bridgehead atoms. The summed E-state index contributed by atoms with van der Waals surface area (Å²) in [5.74, 6) is 0. The zero-order valence-corrected chi connectivity index (χ0v) is 9.33. The Hall–Kier alpha value is -1.34. The molecule has 0 fully saturated rings. The van der Waals surface area contributed by atoms with Gasteiger partial charge in [0.15, 0.2) is 0 Å². The van der Waals surface area contributed by atoms with Crippen molar-refractivity contribution in [3.8, 4) is 0 Å². The van der Waals surface area contributed by atoms with E-state index in [2.05, 4.69) is 54.7 Å². The van der Waals surface area contributed by atoms with Crippen molar-refractivity contribution in [2.75, 3.05) is 7.05 Å². The second-order valence-electron chi connectivity index (χ2n) is 4.08. The van der Waals surface area contributed by atoms with Gasteiger partial charge in [-0.3, -0.25) is 0 Å². The first-order chi connectivity index (χ1) is 7.29. The van der Waals surface area contributed by atoms with Gasteiger partial charge >= 0.3 is 0 Å². The molecule has 78 valence electrons. The molecule has 1 N–H and O–H groups in total. The van der Waals surface area contributed by atoms with Gasteiger partial charge in [0.05, 0.1) is 0 Å². The van der Waals surface area contributed by atoms with Crippen molar-refractivity contribution in [2.24, 2.45) is 0 Å². The number of hydrogen-bond donors (Lipinski definition) is 1. The van der Waals surface area contributed by atoms with Gasteiger partial charge in [0.1, 0.15) is 0 Å². The van der Waals surface area contributed by atoms with E-state index in [4.69, 9.17) is 0 Å². The molecule has 2 rings (SSSR count). The fourth-order valence-electron chi connectivity index (χ4n) is 1.82. The highest BCUT2D eigenvalue weighted by Gasteiger charge is 2.01. The molecule has 1 atom stereocenters.